The van der Waals surface area contributed by atoms with Gasteiger partial charge in [-0.15, -0.1) is 13.2 Å². The Morgan fingerprint density at radius 1 is 1.17 bits per heavy atom. The Balaban J connectivity index is 4.13. The van der Waals surface area contributed by atoms with Crippen molar-refractivity contribution in [1.82, 2.24) is 0 Å². The standard InChI is InChI=1S/C4H4F6O2/c5-2(3(6,7)1-11)12-4(8,9)10/h2,11H,1H2. The fourth-order valence-electron chi connectivity index (χ4n) is 0.275. The third kappa shape index (κ3) is 3.77. The molecule has 0 radical (unpaired) electrons. The number of hydrogen-bond acceptors (Lipinski definition) is 2. The van der Waals surface area contributed by atoms with Crippen LogP contribution in [0.5, 0.6) is 0 Å². The number of hydrogen-bond donors (Lipinski definition) is 1. The Bertz CT molecular complexity index is 143. The lowest BCUT2D eigenvalue weighted by Gasteiger charge is -2.19. The van der Waals surface area contributed by atoms with Gasteiger partial charge in [0.1, 0.15) is 6.61 Å². The maximum Gasteiger partial charge on any atom is 0.525 e. The van der Waals surface area contributed by atoms with Crippen LogP contribution in [0.25, 0.3) is 0 Å². The maximum absolute atomic E-state index is 11.8. The van der Waals surface area contributed by atoms with Crippen molar-refractivity contribution in [1.29, 1.82) is 0 Å². The SMILES string of the molecule is OCC(F)(F)C(F)OC(F)(F)F. The molecule has 2 nitrogen and oxygen atoms in total. The van der Waals surface area contributed by atoms with E-state index in [0.717, 1.165) is 0 Å². The van der Waals surface area contributed by atoms with E-state index >= 15 is 0 Å². The van der Waals surface area contributed by atoms with Crippen LogP contribution in [0.1, 0.15) is 0 Å². The fraction of sp³-hybridized carbons (Fsp3) is 1.00. The van der Waals surface area contributed by atoms with E-state index in [-0.39, 0.29) is 0 Å². The van der Waals surface area contributed by atoms with E-state index in [9.17, 15) is 26.3 Å². The molecule has 0 heterocycles. The Morgan fingerprint density at radius 2 is 1.58 bits per heavy atom. The summed E-state index contributed by atoms with van der Waals surface area (Å²) in [6.45, 7) is -2.05. The molecular weight excluding hydrogens is 194 g/mol. The molecule has 0 amide bonds. The number of aliphatic hydroxyl groups is 1. The summed E-state index contributed by atoms with van der Waals surface area (Å²) in [6, 6.07) is 0. The summed E-state index contributed by atoms with van der Waals surface area (Å²) in [5.41, 5.74) is 0. The van der Waals surface area contributed by atoms with Crippen molar-refractivity contribution >= 4 is 0 Å². The largest absolute Gasteiger partial charge is 0.525 e. The molecule has 0 saturated heterocycles. The van der Waals surface area contributed by atoms with Gasteiger partial charge < -0.3 is 5.11 Å². The van der Waals surface area contributed by atoms with Gasteiger partial charge in [0.05, 0.1) is 0 Å². The summed E-state index contributed by atoms with van der Waals surface area (Å²) in [4.78, 5) is 0. The number of rotatable bonds is 3. The van der Waals surface area contributed by atoms with Crippen LogP contribution in [0.3, 0.4) is 0 Å². The van der Waals surface area contributed by atoms with Crippen molar-refractivity contribution in [2.75, 3.05) is 6.61 Å². The second kappa shape index (κ2) is 3.48. The van der Waals surface area contributed by atoms with Crippen LogP contribution in [-0.4, -0.2) is 30.4 Å². The first-order valence-electron chi connectivity index (χ1n) is 2.56. The minimum absolute atomic E-state index is 2.05. The number of ether oxygens (including phenoxy) is 1. The van der Waals surface area contributed by atoms with Gasteiger partial charge in [-0.25, -0.2) is 4.39 Å². The van der Waals surface area contributed by atoms with Crippen molar-refractivity contribution in [2.24, 2.45) is 0 Å². The normalized spacial score (nSPS) is 16.2. The van der Waals surface area contributed by atoms with Crippen LogP contribution in [-0.2, 0) is 4.74 Å². The van der Waals surface area contributed by atoms with Crippen molar-refractivity contribution in [2.45, 2.75) is 18.6 Å². The van der Waals surface area contributed by atoms with Crippen LogP contribution in [0.15, 0.2) is 0 Å². The van der Waals surface area contributed by atoms with E-state index < -0.39 is 25.2 Å². The molecule has 0 rings (SSSR count). The lowest BCUT2D eigenvalue weighted by atomic mass is 10.4. The van der Waals surface area contributed by atoms with Gasteiger partial charge in [-0.1, -0.05) is 0 Å². The topological polar surface area (TPSA) is 29.5 Å². The molecule has 0 aromatic heterocycles. The third-order valence-electron chi connectivity index (χ3n) is 0.780. The van der Waals surface area contributed by atoms with Crippen molar-refractivity contribution in [3.05, 3.63) is 0 Å². The zero-order chi connectivity index (χ0) is 9.99. The van der Waals surface area contributed by atoms with Crippen molar-refractivity contribution in [3.63, 3.8) is 0 Å². The highest BCUT2D eigenvalue weighted by molar-refractivity contribution is 4.68. The van der Waals surface area contributed by atoms with Gasteiger partial charge in [-0.2, -0.15) is 8.78 Å². The van der Waals surface area contributed by atoms with Crippen molar-refractivity contribution < 1.29 is 36.2 Å². The van der Waals surface area contributed by atoms with Gasteiger partial charge in [0.25, 0.3) is 6.36 Å². The minimum atomic E-state index is -5.49. The summed E-state index contributed by atoms with van der Waals surface area (Å²) >= 11 is 0. The summed E-state index contributed by atoms with van der Waals surface area (Å²) in [7, 11) is 0. The molecule has 0 bridgehead atoms. The highest BCUT2D eigenvalue weighted by Gasteiger charge is 2.47. The van der Waals surface area contributed by atoms with Crippen LogP contribution in [0.2, 0.25) is 0 Å². The number of alkyl halides is 6. The van der Waals surface area contributed by atoms with Crippen LogP contribution >= 0.6 is 0 Å². The first kappa shape index (κ1) is 11.5. The van der Waals surface area contributed by atoms with Gasteiger partial charge in [0.15, 0.2) is 0 Å². The van der Waals surface area contributed by atoms with E-state index in [1.54, 1.807) is 0 Å². The predicted molar refractivity (Wildman–Crippen MR) is 24.1 cm³/mol. The maximum atomic E-state index is 11.8. The Labute approximate surface area is 62.7 Å². The molecule has 0 fully saturated rings. The van der Waals surface area contributed by atoms with E-state index in [1.807, 2.05) is 0 Å². The Morgan fingerprint density at radius 3 is 1.83 bits per heavy atom. The van der Waals surface area contributed by atoms with E-state index in [0.29, 0.717) is 0 Å². The highest BCUT2D eigenvalue weighted by Crippen LogP contribution is 2.28. The molecule has 0 saturated carbocycles. The Kier molecular flexibility index (Phi) is 3.34. The molecule has 0 spiro atoms. The lowest BCUT2D eigenvalue weighted by molar-refractivity contribution is -0.389. The molecule has 0 aliphatic carbocycles. The van der Waals surface area contributed by atoms with Crippen LogP contribution in [0.4, 0.5) is 26.3 Å². The zero-order valence-electron chi connectivity index (χ0n) is 5.41. The Hall–Kier alpha value is -0.500. The molecule has 0 aromatic carbocycles. The lowest BCUT2D eigenvalue weighted by Crippen LogP contribution is -2.39. The molecule has 0 aliphatic heterocycles. The average Bonchev–Trinajstić information content (AvgIpc) is 1.84. The first-order valence-corrected chi connectivity index (χ1v) is 2.56. The molecule has 1 unspecified atom stereocenters. The van der Waals surface area contributed by atoms with Gasteiger partial charge in [0.2, 0.25) is 0 Å². The van der Waals surface area contributed by atoms with Crippen LogP contribution in [0, 0.1) is 0 Å². The molecule has 1 N–H and O–H groups in total. The van der Waals surface area contributed by atoms with Gasteiger partial charge in [0, 0.05) is 0 Å². The fourth-order valence-corrected chi connectivity index (χ4v) is 0.275. The summed E-state index contributed by atoms with van der Waals surface area (Å²) < 4.78 is 71.1. The summed E-state index contributed by atoms with van der Waals surface area (Å²) in [6.07, 6.45) is -9.37. The highest BCUT2D eigenvalue weighted by atomic mass is 19.4. The molecular formula is C4H4F6O2. The van der Waals surface area contributed by atoms with E-state index in [2.05, 4.69) is 4.74 Å². The monoisotopic (exact) mass is 198 g/mol. The third-order valence-corrected chi connectivity index (χ3v) is 0.780. The van der Waals surface area contributed by atoms with Gasteiger partial charge in [-0.3, -0.25) is 4.74 Å². The van der Waals surface area contributed by atoms with Crippen LogP contribution < -0.4 is 0 Å². The summed E-state index contributed by atoms with van der Waals surface area (Å²) in [5, 5.41) is 7.72. The average molecular weight is 198 g/mol. The number of halogens is 6. The number of aliphatic hydroxyl groups excluding tert-OH is 1. The van der Waals surface area contributed by atoms with Gasteiger partial charge >= 0.3 is 12.3 Å². The second-order valence-corrected chi connectivity index (χ2v) is 1.80. The van der Waals surface area contributed by atoms with Crippen molar-refractivity contribution in [3.8, 4) is 0 Å². The molecule has 12 heavy (non-hydrogen) atoms. The molecule has 0 aliphatic rings. The predicted octanol–water partition coefficient (Wildman–Crippen LogP) is 1.45. The smallest absolute Gasteiger partial charge is 0.390 e. The van der Waals surface area contributed by atoms with Gasteiger partial charge in [-0.05, 0) is 0 Å². The summed E-state index contributed by atoms with van der Waals surface area (Å²) in [5.74, 6) is -4.55. The molecule has 0 aromatic rings. The van der Waals surface area contributed by atoms with E-state index in [4.69, 9.17) is 5.11 Å². The first-order chi connectivity index (χ1) is 5.19. The molecule has 1 atom stereocenters. The molecule has 8 heteroatoms. The molecule has 74 valence electrons. The minimum Gasteiger partial charge on any atom is -0.390 e. The second-order valence-electron chi connectivity index (χ2n) is 1.80. The van der Waals surface area contributed by atoms with E-state index in [1.165, 1.54) is 0 Å². The quantitative estimate of drug-likeness (QED) is 0.695. The zero-order valence-corrected chi connectivity index (χ0v) is 5.41.